The van der Waals surface area contributed by atoms with Gasteiger partial charge in [-0.3, -0.25) is 19.2 Å². The van der Waals surface area contributed by atoms with Gasteiger partial charge in [0.05, 0.1) is 12.1 Å². The fourth-order valence-corrected chi connectivity index (χ4v) is 6.24. The van der Waals surface area contributed by atoms with Crippen LogP contribution in [0.15, 0.2) is 155 Å². The quantitative estimate of drug-likeness (QED) is 0.103. The van der Waals surface area contributed by atoms with E-state index in [0.717, 1.165) is 5.56 Å². The summed E-state index contributed by atoms with van der Waals surface area (Å²) in [6.07, 6.45) is 1.53. The standard InChI is InChI=1S/C39H30ClN5O4S/c40-29-21-19-26(20-22-29)23-33(42-37(47)28-13-6-2-7-14-28)38(48)41-30-15-10-18-32(24-30)50-36(27-11-4-1-5-12-27)39(49)43-34-25-35(46)45(44-34)31-16-8-3-9-17-31/h1-24,36H,25H2,(H,41,48)(H,42,47)(H,43,44,49)/b33-23-. The molecule has 0 bridgehead atoms. The summed E-state index contributed by atoms with van der Waals surface area (Å²) in [5.41, 5.74) is 2.89. The number of anilines is 2. The zero-order valence-corrected chi connectivity index (χ0v) is 28.0. The number of para-hydroxylation sites is 1. The van der Waals surface area contributed by atoms with Gasteiger partial charge >= 0.3 is 0 Å². The summed E-state index contributed by atoms with van der Waals surface area (Å²) in [5, 5.41) is 13.9. The fraction of sp³-hybridized carbons (Fsp3) is 0.0513. The molecule has 1 unspecified atom stereocenters. The number of carbonyl (C=O) groups is 4. The number of hydrogen-bond donors (Lipinski definition) is 3. The smallest absolute Gasteiger partial charge is 0.272 e. The molecule has 0 radical (unpaired) electrons. The van der Waals surface area contributed by atoms with Gasteiger partial charge in [-0.05, 0) is 71.8 Å². The molecule has 5 aromatic rings. The molecule has 1 aliphatic rings. The Bertz CT molecular complexity index is 2070. The van der Waals surface area contributed by atoms with E-state index in [1.807, 2.05) is 54.6 Å². The van der Waals surface area contributed by atoms with Crippen molar-refractivity contribution >= 4 is 70.3 Å². The number of benzene rings is 5. The molecule has 0 spiro atoms. The normalized spacial score (nSPS) is 13.3. The van der Waals surface area contributed by atoms with Crippen LogP contribution < -0.4 is 21.0 Å². The van der Waals surface area contributed by atoms with Crippen LogP contribution in [-0.4, -0.2) is 29.5 Å². The Labute approximate surface area is 298 Å². The average molecular weight is 700 g/mol. The van der Waals surface area contributed by atoms with Crippen LogP contribution in [0.5, 0.6) is 0 Å². The molecule has 1 atom stereocenters. The fourth-order valence-electron chi connectivity index (χ4n) is 5.03. The van der Waals surface area contributed by atoms with Gasteiger partial charge in [-0.15, -0.1) is 11.8 Å². The van der Waals surface area contributed by atoms with Gasteiger partial charge in [-0.25, -0.2) is 0 Å². The van der Waals surface area contributed by atoms with Crippen LogP contribution >= 0.6 is 23.4 Å². The molecule has 3 N–H and O–H groups in total. The Hall–Kier alpha value is -5.97. The molecule has 6 rings (SSSR count). The lowest BCUT2D eigenvalue weighted by atomic mass is 10.1. The number of carbonyl (C=O) groups excluding carboxylic acids is 4. The van der Waals surface area contributed by atoms with Gasteiger partial charge in [0.2, 0.25) is 5.91 Å². The maximum absolute atomic E-state index is 13.8. The largest absolute Gasteiger partial charge is 0.321 e. The van der Waals surface area contributed by atoms with E-state index in [-0.39, 0.29) is 29.8 Å². The molecular weight excluding hydrogens is 670 g/mol. The van der Waals surface area contributed by atoms with Crippen molar-refractivity contribution in [2.75, 3.05) is 10.3 Å². The zero-order valence-electron chi connectivity index (χ0n) is 26.5. The van der Waals surface area contributed by atoms with E-state index >= 15 is 0 Å². The van der Waals surface area contributed by atoms with Crippen LogP contribution in [0.4, 0.5) is 11.4 Å². The van der Waals surface area contributed by atoms with Gasteiger partial charge in [0.15, 0.2) is 0 Å². The second kappa shape index (κ2) is 16.0. The summed E-state index contributed by atoms with van der Waals surface area (Å²) >= 11 is 7.33. The van der Waals surface area contributed by atoms with Gasteiger partial charge in [0.1, 0.15) is 16.8 Å². The third kappa shape index (κ3) is 8.73. The summed E-state index contributed by atoms with van der Waals surface area (Å²) in [6, 6.07) is 40.8. The molecule has 0 saturated carbocycles. The lowest BCUT2D eigenvalue weighted by Crippen LogP contribution is -2.33. The molecular formula is C39H30ClN5O4S. The number of amides is 4. The molecule has 5 aromatic carbocycles. The van der Waals surface area contributed by atoms with E-state index < -0.39 is 17.1 Å². The number of rotatable bonds is 10. The van der Waals surface area contributed by atoms with E-state index in [1.54, 1.807) is 91.0 Å². The highest BCUT2D eigenvalue weighted by atomic mass is 35.5. The van der Waals surface area contributed by atoms with Crippen molar-refractivity contribution < 1.29 is 19.2 Å². The number of nitrogens with one attached hydrogen (secondary N) is 3. The number of halogens is 1. The Morgan fingerprint density at radius 2 is 1.44 bits per heavy atom. The van der Waals surface area contributed by atoms with Crippen LogP contribution in [0.25, 0.3) is 6.08 Å². The lowest BCUT2D eigenvalue weighted by Gasteiger charge is -2.17. The molecule has 1 heterocycles. The Morgan fingerprint density at radius 3 is 2.14 bits per heavy atom. The molecule has 50 heavy (non-hydrogen) atoms. The molecule has 1 aliphatic heterocycles. The van der Waals surface area contributed by atoms with Gasteiger partial charge in [-0.2, -0.15) is 10.1 Å². The van der Waals surface area contributed by atoms with Crippen LogP contribution in [0, 0.1) is 0 Å². The minimum absolute atomic E-state index is 0.0252. The summed E-state index contributed by atoms with van der Waals surface area (Å²) in [4.78, 5) is 53.8. The molecule has 4 amide bonds. The first kappa shape index (κ1) is 33.9. The Kier molecular flexibility index (Phi) is 10.8. The van der Waals surface area contributed by atoms with Crippen molar-refractivity contribution in [3.8, 4) is 0 Å². The first-order valence-electron chi connectivity index (χ1n) is 15.6. The number of nitrogens with zero attached hydrogens (tertiary/aromatic N) is 2. The molecule has 0 aromatic heterocycles. The van der Waals surface area contributed by atoms with Crippen molar-refractivity contribution in [2.45, 2.75) is 16.6 Å². The molecule has 11 heteroatoms. The average Bonchev–Trinajstić information content (AvgIpc) is 3.51. The monoisotopic (exact) mass is 699 g/mol. The van der Waals surface area contributed by atoms with E-state index in [1.165, 1.54) is 16.8 Å². The van der Waals surface area contributed by atoms with Crippen LogP contribution in [0.3, 0.4) is 0 Å². The second-order valence-corrected chi connectivity index (χ2v) is 12.7. The molecule has 248 valence electrons. The second-order valence-electron chi connectivity index (χ2n) is 11.1. The SMILES string of the molecule is O=C(Nc1cccc(SC(C(=O)NC2=NN(c3ccccc3)C(=O)C2)c2ccccc2)c1)/C(=C/c1ccc(Cl)cc1)NC(=O)c1ccccc1. The van der Waals surface area contributed by atoms with Gasteiger partial charge in [0, 0.05) is 21.2 Å². The summed E-state index contributed by atoms with van der Waals surface area (Å²) in [7, 11) is 0. The van der Waals surface area contributed by atoms with Crippen molar-refractivity contribution in [3.05, 3.63) is 167 Å². The summed E-state index contributed by atoms with van der Waals surface area (Å²) in [6.45, 7) is 0. The lowest BCUT2D eigenvalue weighted by molar-refractivity contribution is -0.119. The van der Waals surface area contributed by atoms with E-state index in [9.17, 15) is 19.2 Å². The van der Waals surface area contributed by atoms with Crippen molar-refractivity contribution in [2.24, 2.45) is 5.10 Å². The minimum atomic E-state index is -0.712. The number of hydrazone groups is 1. The highest BCUT2D eigenvalue weighted by molar-refractivity contribution is 8.00. The van der Waals surface area contributed by atoms with Crippen LogP contribution in [0.2, 0.25) is 5.02 Å². The maximum Gasteiger partial charge on any atom is 0.272 e. The first-order chi connectivity index (χ1) is 24.3. The topological polar surface area (TPSA) is 120 Å². The van der Waals surface area contributed by atoms with Gasteiger partial charge < -0.3 is 16.0 Å². The highest BCUT2D eigenvalue weighted by Gasteiger charge is 2.29. The predicted octanol–water partition coefficient (Wildman–Crippen LogP) is 7.45. The number of thioether (sulfide) groups is 1. The zero-order chi connectivity index (χ0) is 34.9. The van der Waals surface area contributed by atoms with E-state index in [0.29, 0.717) is 32.4 Å². The predicted molar refractivity (Wildman–Crippen MR) is 198 cm³/mol. The van der Waals surface area contributed by atoms with Gasteiger partial charge in [-0.1, -0.05) is 96.5 Å². The summed E-state index contributed by atoms with van der Waals surface area (Å²) < 4.78 is 0. The third-order valence-corrected chi connectivity index (χ3v) is 8.94. The van der Waals surface area contributed by atoms with Gasteiger partial charge in [0.25, 0.3) is 17.7 Å². The minimum Gasteiger partial charge on any atom is -0.321 e. The Morgan fingerprint density at radius 1 is 0.780 bits per heavy atom. The molecule has 0 aliphatic carbocycles. The number of amidine groups is 1. The van der Waals surface area contributed by atoms with Crippen molar-refractivity contribution in [3.63, 3.8) is 0 Å². The molecule has 9 nitrogen and oxygen atoms in total. The van der Waals surface area contributed by atoms with Crippen molar-refractivity contribution in [1.29, 1.82) is 0 Å². The molecule has 0 fully saturated rings. The van der Waals surface area contributed by atoms with Crippen LogP contribution in [-0.2, 0) is 14.4 Å². The van der Waals surface area contributed by atoms with E-state index in [2.05, 4.69) is 21.1 Å². The number of hydrogen-bond acceptors (Lipinski definition) is 6. The third-order valence-electron chi connectivity index (χ3n) is 7.44. The first-order valence-corrected chi connectivity index (χ1v) is 16.8. The van der Waals surface area contributed by atoms with E-state index in [4.69, 9.17) is 11.6 Å². The summed E-state index contributed by atoms with van der Waals surface area (Å²) in [5.74, 6) is -1.33. The Balaban J connectivity index is 1.21. The molecule has 0 saturated heterocycles. The highest BCUT2D eigenvalue weighted by Crippen LogP contribution is 2.37. The van der Waals surface area contributed by atoms with Crippen LogP contribution in [0.1, 0.15) is 33.2 Å². The van der Waals surface area contributed by atoms with Crippen molar-refractivity contribution in [1.82, 2.24) is 10.6 Å². The maximum atomic E-state index is 13.8.